The van der Waals surface area contributed by atoms with Gasteiger partial charge >= 0.3 is 0 Å². The molecule has 0 aliphatic carbocycles. The Morgan fingerprint density at radius 2 is 2.33 bits per heavy atom. The van der Waals surface area contributed by atoms with E-state index in [4.69, 9.17) is 0 Å². The molecule has 0 bridgehead atoms. The lowest BCUT2D eigenvalue weighted by atomic mass is 9.77. The first kappa shape index (κ1) is 7.41. The Hall–Kier alpha value is -1.25. The van der Waals surface area contributed by atoms with E-state index in [1.165, 1.54) is 5.56 Å². The summed E-state index contributed by atoms with van der Waals surface area (Å²) in [7, 11) is 2.01. The third kappa shape index (κ3) is 1.02. The highest BCUT2D eigenvalue weighted by Gasteiger charge is 2.01. The molecule has 0 saturated carbocycles. The summed E-state index contributed by atoms with van der Waals surface area (Å²) >= 11 is 0. The van der Waals surface area contributed by atoms with E-state index >= 15 is 0 Å². The third-order valence-corrected chi connectivity index (χ3v) is 2.03. The molecule has 2 rings (SSSR count). The molecular formula is C9H10BN2. The van der Waals surface area contributed by atoms with Crippen molar-refractivity contribution in [3.63, 3.8) is 0 Å². The number of aromatic nitrogens is 2. The summed E-state index contributed by atoms with van der Waals surface area (Å²) in [4.78, 5) is 7.59. The van der Waals surface area contributed by atoms with Gasteiger partial charge in [-0.2, -0.15) is 0 Å². The summed E-state index contributed by atoms with van der Waals surface area (Å²) in [5.41, 5.74) is 4.47. The molecule has 0 aliphatic rings. The van der Waals surface area contributed by atoms with Gasteiger partial charge in [-0.1, -0.05) is 6.82 Å². The van der Waals surface area contributed by atoms with Crippen molar-refractivity contribution in [3.8, 4) is 0 Å². The van der Waals surface area contributed by atoms with Gasteiger partial charge in [0, 0.05) is 6.20 Å². The number of hydrogen-bond donors (Lipinski definition) is 1. The normalized spacial score (nSPS) is 10.5. The summed E-state index contributed by atoms with van der Waals surface area (Å²) in [5.74, 6) is 0. The minimum absolute atomic E-state index is 1.04. The molecule has 0 aromatic carbocycles. The summed E-state index contributed by atoms with van der Waals surface area (Å²) in [6, 6.07) is 4.08. The van der Waals surface area contributed by atoms with Crippen molar-refractivity contribution in [2.45, 2.75) is 13.7 Å². The van der Waals surface area contributed by atoms with Crippen molar-refractivity contribution in [2.75, 3.05) is 0 Å². The Morgan fingerprint density at radius 3 is 3.08 bits per heavy atom. The lowest BCUT2D eigenvalue weighted by Gasteiger charge is -1.99. The number of fused-ring (bicyclic) bond motifs is 1. The lowest BCUT2D eigenvalue weighted by Crippen LogP contribution is -2.15. The lowest BCUT2D eigenvalue weighted by molar-refractivity contribution is 1.38. The molecule has 0 fully saturated rings. The second-order valence-corrected chi connectivity index (χ2v) is 2.89. The smallest absolute Gasteiger partial charge is 0.174 e. The molecule has 12 heavy (non-hydrogen) atoms. The van der Waals surface area contributed by atoms with Crippen molar-refractivity contribution in [1.82, 2.24) is 9.97 Å². The molecule has 0 spiro atoms. The van der Waals surface area contributed by atoms with Crippen LogP contribution in [-0.4, -0.2) is 17.2 Å². The number of nitrogens with one attached hydrogen (secondary N) is 1. The number of nitrogens with zero attached hydrogens (tertiary/aromatic N) is 1. The Morgan fingerprint density at radius 1 is 1.50 bits per heavy atom. The molecule has 1 N–H and O–H groups in total. The second kappa shape index (κ2) is 2.66. The molecule has 1 radical (unpaired) electrons. The van der Waals surface area contributed by atoms with E-state index in [2.05, 4.69) is 23.0 Å². The molecule has 2 aromatic heterocycles. The molecule has 2 aromatic rings. The summed E-state index contributed by atoms with van der Waals surface area (Å²) in [5, 5.41) is 0. The standard InChI is InChI=1S/C9H10BN2/c1-6-5-8(10-2)12-7-3-4-11-9(6)7/h3-5,11H,1-2H3. The third-order valence-electron chi connectivity index (χ3n) is 2.03. The van der Waals surface area contributed by atoms with E-state index in [0.29, 0.717) is 0 Å². The predicted octanol–water partition coefficient (Wildman–Crippen LogP) is 1.25. The average Bonchev–Trinajstić information content (AvgIpc) is 2.52. The molecule has 2 heterocycles. The highest BCUT2D eigenvalue weighted by atomic mass is 14.8. The van der Waals surface area contributed by atoms with Crippen molar-refractivity contribution >= 4 is 23.9 Å². The van der Waals surface area contributed by atoms with Gasteiger partial charge in [0.1, 0.15) is 0 Å². The van der Waals surface area contributed by atoms with Gasteiger partial charge in [0.25, 0.3) is 0 Å². The maximum Gasteiger partial charge on any atom is 0.174 e. The minimum atomic E-state index is 1.04. The molecule has 0 atom stereocenters. The minimum Gasteiger partial charge on any atom is -0.360 e. The first-order chi connectivity index (χ1) is 5.81. The van der Waals surface area contributed by atoms with E-state index in [0.717, 1.165) is 16.6 Å². The predicted molar refractivity (Wildman–Crippen MR) is 52.1 cm³/mol. The van der Waals surface area contributed by atoms with Crippen LogP contribution in [0.5, 0.6) is 0 Å². The van der Waals surface area contributed by atoms with Crippen LogP contribution in [0.1, 0.15) is 5.56 Å². The fourth-order valence-electron chi connectivity index (χ4n) is 1.38. The van der Waals surface area contributed by atoms with Crippen LogP contribution in [0.2, 0.25) is 6.82 Å². The van der Waals surface area contributed by atoms with E-state index in [1.807, 2.05) is 26.4 Å². The Balaban J connectivity index is 2.75. The molecule has 0 aliphatic heterocycles. The maximum atomic E-state index is 4.43. The molecular weight excluding hydrogens is 147 g/mol. The van der Waals surface area contributed by atoms with E-state index in [9.17, 15) is 0 Å². The Labute approximate surface area is 72.3 Å². The molecule has 0 unspecified atom stereocenters. The van der Waals surface area contributed by atoms with Crippen LogP contribution < -0.4 is 5.59 Å². The number of H-pyrrole nitrogens is 1. The maximum absolute atomic E-state index is 4.43. The number of pyridine rings is 1. The fourth-order valence-corrected chi connectivity index (χ4v) is 1.38. The topological polar surface area (TPSA) is 28.7 Å². The van der Waals surface area contributed by atoms with E-state index in [1.54, 1.807) is 0 Å². The first-order valence-corrected chi connectivity index (χ1v) is 4.05. The van der Waals surface area contributed by atoms with Gasteiger partial charge < -0.3 is 4.98 Å². The van der Waals surface area contributed by atoms with Crippen LogP contribution in [0.15, 0.2) is 18.3 Å². The molecule has 2 nitrogen and oxygen atoms in total. The number of hydrogen-bond acceptors (Lipinski definition) is 1. The second-order valence-electron chi connectivity index (χ2n) is 2.89. The zero-order chi connectivity index (χ0) is 8.55. The Bertz CT molecular complexity index is 406. The largest absolute Gasteiger partial charge is 0.360 e. The van der Waals surface area contributed by atoms with Gasteiger partial charge in [0.2, 0.25) is 0 Å². The summed E-state index contributed by atoms with van der Waals surface area (Å²) < 4.78 is 0. The van der Waals surface area contributed by atoms with Gasteiger partial charge in [-0.3, -0.25) is 4.98 Å². The molecule has 3 heteroatoms. The zero-order valence-corrected chi connectivity index (χ0v) is 7.26. The van der Waals surface area contributed by atoms with Gasteiger partial charge in [-0.15, -0.1) is 0 Å². The summed E-state index contributed by atoms with van der Waals surface area (Å²) in [6.07, 6.45) is 1.92. The van der Waals surface area contributed by atoms with Gasteiger partial charge in [-0.05, 0) is 30.2 Å². The molecule has 0 amide bonds. The highest BCUT2D eigenvalue weighted by Crippen LogP contribution is 2.11. The van der Waals surface area contributed by atoms with Gasteiger partial charge in [-0.25, -0.2) is 0 Å². The van der Waals surface area contributed by atoms with Crippen LogP contribution in [-0.2, 0) is 0 Å². The number of aromatic amines is 1. The zero-order valence-electron chi connectivity index (χ0n) is 7.26. The van der Waals surface area contributed by atoms with Crippen LogP contribution in [0.25, 0.3) is 11.0 Å². The van der Waals surface area contributed by atoms with Gasteiger partial charge in [0.05, 0.1) is 11.0 Å². The highest BCUT2D eigenvalue weighted by molar-refractivity contribution is 6.51. The fraction of sp³-hybridized carbons (Fsp3) is 0.222. The van der Waals surface area contributed by atoms with Crippen LogP contribution in [0.3, 0.4) is 0 Å². The van der Waals surface area contributed by atoms with Gasteiger partial charge in [0.15, 0.2) is 7.28 Å². The first-order valence-electron chi connectivity index (χ1n) is 4.05. The van der Waals surface area contributed by atoms with Crippen LogP contribution in [0, 0.1) is 6.92 Å². The SMILES string of the molecule is C[B]c1cc(C)c2[nH]ccc2n1. The van der Waals surface area contributed by atoms with Crippen molar-refractivity contribution in [1.29, 1.82) is 0 Å². The van der Waals surface area contributed by atoms with Crippen LogP contribution in [0.4, 0.5) is 0 Å². The van der Waals surface area contributed by atoms with E-state index < -0.39 is 0 Å². The quantitative estimate of drug-likeness (QED) is 0.620. The molecule has 0 saturated heterocycles. The van der Waals surface area contributed by atoms with Crippen molar-refractivity contribution in [3.05, 3.63) is 23.9 Å². The van der Waals surface area contributed by atoms with Crippen LogP contribution >= 0.6 is 0 Å². The monoisotopic (exact) mass is 157 g/mol. The average molecular weight is 157 g/mol. The number of aryl methyl sites for hydroxylation is 1. The van der Waals surface area contributed by atoms with E-state index in [-0.39, 0.29) is 0 Å². The Kier molecular flexibility index (Phi) is 1.64. The van der Waals surface area contributed by atoms with Crippen molar-refractivity contribution < 1.29 is 0 Å². The summed E-state index contributed by atoms with van der Waals surface area (Å²) in [6.45, 7) is 4.09. The molecule has 59 valence electrons. The number of rotatable bonds is 1. The van der Waals surface area contributed by atoms with Crippen molar-refractivity contribution in [2.24, 2.45) is 0 Å².